The number of benzene rings is 1. The molecule has 0 spiro atoms. The normalized spacial score (nSPS) is 10.9. The standard InChI is InChI=1S/C18H22N4O/c1-5-10-19-16(23)13-11-20-17(21-12-13)22-15-8-6-14(7-9-15)18(2,3)4/h5-9,11-12H,1,10H2,2-4H3,(H,19,23)(H,20,21,22). The minimum absolute atomic E-state index is 0.121. The van der Waals surface area contributed by atoms with Gasteiger partial charge < -0.3 is 10.6 Å². The molecule has 1 aromatic carbocycles. The fourth-order valence-corrected chi connectivity index (χ4v) is 1.96. The van der Waals surface area contributed by atoms with Crippen LogP contribution in [0, 0.1) is 0 Å². The Bertz CT molecular complexity index is 670. The molecule has 0 aliphatic rings. The quantitative estimate of drug-likeness (QED) is 0.830. The lowest BCUT2D eigenvalue weighted by molar-refractivity contribution is 0.0957. The summed E-state index contributed by atoms with van der Waals surface area (Å²) in [7, 11) is 0. The number of nitrogens with one attached hydrogen (secondary N) is 2. The van der Waals surface area contributed by atoms with Crippen LogP contribution < -0.4 is 10.6 Å². The van der Waals surface area contributed by atoms with Crippen molar-refractivity contribution in [3.8, 4) is 0 Å². The van der Waals surface area contributed by atoms with E-state index in [0.717, 1.165) is 5.69 Å². The average molecular weight is 310 g/mol. The maximum absolute atomic E-state index is 11.7. The van der Waals surface area contributed by atoms with Gasteiger partial charge in [0.25, 0.3) is 5.91 Å². The highest BCUT2D eigenvalue weighted by Gasteiger charge is 2.13. The predicted octanol–water partition coefficient (Wildman–Crippen LogP) is 3.43. The van der Waals surface area contributed by atoms with Crippen molar-refractivity contribution in [3.63, 3.8) is 0 Å². The van der Waals surface area contributed by atoms with E-state index >= 15 is 0 Å². The number of hydrogen-bond acceptors (Lipinski definition) is 4. The molecule has 23 heavy (non-hydrogen) atoms. The summed E-state index contributed by atoms with van der Waals surface area (Å²) in [6, 6.07) is 8.15. The van der Waals surface area contributed by atoms with Gasteiger partial charge in [-0.15, -0.1) is 6.58 Å². The first-order valence-corrected chi connectivity index (χ1v) is 7.49. The SMILES string of the molecule is C=CCNC(=O)c1cnc(Nc2ccc(C(C)(C)C)cc2)nc1. The molecule has 0 fully saturated rings. The Morgan fingerprint density at radius 2 is 1.78 bits per heavy atom. The van der Waals surface area contributed by atoms with Gasteiger partial charge in [-0.1, -0.05) is 39.0 Å². The number of carbonyl (C=O) groups excluding carboxylic acids is 1. The fourth-order valence-electron chi connectivity index (χ4n) is 1.96. The van der Waals surface area contributed by atoms with E-state index in [1.165, 1.54) is 18.0 Å². The lowest BCUT2D eigenvalue weighted by Crippen LogP contribution is -2.23. The Labute approximate surface area is 136 Å². The fraction of sp³-hybridized carbons (Fsp3) is 0.278. The van der Waals surface area contributed by atoms with Crippen molar-refractivity contribution in [2.45, 2.75) is 26.2 Å². The maximum Gasteiger partial charge on any atom is 0.254 e. The number of carbonyl (C=O) groups is 1. The van der Waals surface area contributed by atoms with Crippen LogP contribution in [-0.4, -0.2) is 22.4 Å². The van der Waals surface area contributed by atoms with E-state index in [-0.39, 0.29) is 11.3 Å². The lowest BCUT2D eigenvalue weighted by atomic mass is 9.87. The molecule has 0 aliphatic carbocycles. The average Bonchev–Trinajstić information content (AvgIpc) is 2.53. The highest BCUT2D eigenvalue weighted by molar-refractivity contribution is 5.93. The lowest BCUT2D eigenvalue weighted by Gasteiger charge is -2.19. The first kappa shape index (κ1) is 16.7. The van der Waals surface area contributed by atoms with Gasteiger partial charge in [0.2, 0.25) is 5.95 Å². The van der Waals surface area contributed by atoms with Crippen molar-refractivity contribution in [2.75, 3.05) is 11.9 Å². The van der Waals surface area contributed by atoms with Crippen LogP contribution in [0.15, 0.2) is 49.3 Å². The van der Waals surface area contributed by atoms with Gasteiger partial charge in [-0.2, -0.15) is 0 Å². The Balaban J connectivity index is 2.03. The topological polar surface area (TPSA) is 66.9 Å². The van der Waals surface area contributed by atoms with E-state index in [4.69, 9.17) is 0 Å². The van der Waals surface area contributed by atoms with E-state index in [1.54, 1.807) is 6.08 Å². The Hall–Kier alpha value is -2.69. The van der Waals surface area contributed by atoms with Crippen molar-refractivity contribution < 1.29 is 4.79 Å². The molecule has 1 aromatic heterocycles. The predicted molar refractivity (Wildman–Crippen MR) is 93.0 cm³/mol. The summed E-state index contributed by atoms with van der Waals surface area (Å²) < 4.78 is 0. The van der Waals surface area contributed by atoms with E-state index in [9.17, 15) is 4.79 Å². The van der Waals surface area contributed by atoms with Crippen molar-refractivity contribution in [3.05, 3.63) is 60.4 Å². The van der Waals surface area contributed by atoms with Gasteiger partial charge in [-0.3, -0.25) is 4.79 Å². The summed E-state index contributed by atoms with van der Waals surface area (Å²) in [6.07, 6.45) is 4.62. The van der Waals surface area contributed by atoms with Gasteiger partial charge in [-0.25, -0.2) is 9.97 Å². The number of aromatic nitrogens is 2. The number of amides is 1. The highest BCUT2D eigenvalue weighted by atomic mass is 16.1. The molecule has 2 rings (SSSR count). The zero-order valence-corrected chi connectivity index (χ0v) is 13.8. The molecule has 0 radical (unpaired) electrons. The highest BCUT2D eigenvalue weighted by Crippen LogP contribution is 2.24. The maximum atomic E-state index is 11.7. The number of rotatable bonds is 5. The molecule has 0 atom stereocenters. The summed E-state index contributed by atoms with van der Waals surface area (Å²) in [5.74, 6) is 0.236. The van der Waals surface area contributed by atoms with Crippen LogP contribution in [0.4, 0.5) is 11.6 Å². The zero-order chi connectivity index (χ0) is 16.9. The van der Waals surface area contributed by atoms with Crippen molar-refractivity contribution in [1.82, 2.24) is 15.3 Å². The molecule has 2 N–H and O–H groups in total. The molecule has 1 amide bonds. The molecule has 0 saturated heterocycles. The molecular weight excluding hydrogens is 288 g/mol. The summed E-state index contributed by atoms with van der Waals surface area (Å²) >= 11 is 0. The van der Waals surface area contributed by atoms with Gasteiger partial charge in [0.15, 0.2) is 0 Å². The van der Waals surface area contributed by atoms with Crippen LogP contribution in [0.5, 0.6) is 0 Å². The number of hydrogen-bond donors (Lipinski definition) is 2. The second-order valence-corrected chi connectivity index (χ2v) is 6.25. The molecule has 0 aliphatic heterocycles. The molecule has 1 heterocycles. The summed E-state index contributed by atoms with van der Waals surface area (Å²) in [5, 5.41) is 5.80. The molecule has 2 aromatic rings. The van der Waals surface area contributed by atoms with Gasteiger partial charge in [0.1, 0.15) is 0 Å². The molecule has 0 bridgehead atoms. The largest absolute Gasteiger partial charge is 0.348 e. The van der Waals surface area contributed by atoms with Crippen molar-refractivity contribution in [1.29, 1.82) is 0 Å². The zero-order valence-electron chi connectivity index (χ0n) is 13.8. The third-order valence-electron chi connectivity index (χ3n) is 3.33. The number of anilines is 2. The monoisotopic (exact) mass is 310 g/mol. The van der Waals surface area contributed by atoms with E-state index < -0.39 is 0 Å². The summed E-state index contributed by atoms with van der Waals surface area (Å²) in [5.41, 5.74) is 2.70. The Morgan fingerprint density at radius 1 is 1.17 bits per heavy atom. The number of nitrogens with zero attached hydrogens (tertiary/aromatic N) is 2. The van der Waals surface area contributed by atoms with Gasteiger partial charge >= 0.3 is 0 Å². The van der Waals surface area contributed by atoms with Crippen LogP contribution in [0.1, 0.15) is 36.7 Å². The first-order valence-electron chi connectivity index (χ1n) is 7.49. The second-order valence-electron chi connectivity index (χ2n) is 6.25. The van der Waals surface area contributed by atoms with E-state index in [0.29, 0.717) is 18.1 Å². The molecule has 5 heteroatoms. The molecule has 5 nitrogen and oxygen atoms in total. The summed E-state index contributed by atoms with van der Waals surface area (Å²) in [4.78, 5) is 20.1. The summed E-state index contributed by atoms with van der Waals surface area (Å²) in [6.45, 7) is 10.5. The third-order valence-corrected chi connectivity index (χ3v) is 3.33. The van der Waals surface area contributed by atoms with Crippen LogP contribution >= 0.6 is 0 Å². The second kappa shape index (κ2) is 7.05. The Kier molecular flexibility index (Phi) is 5.11. The minimum atomic E-state index is -0.217. The van der Waals surface area contributed by atoms with Crippen LogP contribution in [-0.2, 0) is 5.41 Å². The van der Waals surface area contributed by atoms with Crippen LogP contribution in [0.2, 0.25) is 0 Å². The van der Waals surface area contributed by atoms with Gasteiger partial charge in [-0.05, 0) is 23.1 Å². The molecule has 0 saturated carbocycles. The molecular formula is C18H22N4O. The first-order chi connectivity index (χ1) is 10.9. The van der Waals surface area contributed by atoms with Crippen LogP contribution in [0.3, 0.4) is 0 Å². The van der Waals surface area contributed by atoms with Crippen LogP contribution in [0.25, 0.3) is 0 Å². The Morgan fingerprint density at radius 3 is 2.30 bits per heavy atom. The van der Waals surface area contributed by atoms with Crippen molar-refractivity contribution >= 4 is 17.5 Å². The van der Waals surface area contributed by atoms with E-state index in [1.807, 2.05) is 12.1 Å². The smallest absolute Gasteiger partial charge is 0.254 e. The van der Waals surface area contributed by atoms with E-state index in [2.05, 4.69) is 60.1 Å². The molecule has 0 unspecified atom stereocenters. The van der Waals surface area contributed by atoms with Crippen molar-refractivity contribution in [2.24, 2.45) is 0 Å². The van der Waals surface area contributed by atoms with Gasteiger partial charge in [0.05, 0.1) is 5.56 Å². The third kappa shape index (κ3) is 4.64. The molecule has 120 valence electrons. The van der Waals surface area contributed by atoms with Gasteiger partial charge in [0, 0.05) is 24.6 Å². The minimum Gasteiger partial charge on any atom is -0.348 e.